The molecule has 4 rings (SSSR count). The minimum Gasteiger partial charge on any atom is -0.491 e. The molecule has 0 aliphatic rings. The van der Waals surface area contributed by atoms with Gasteiger partial charge in [-0.15, -0.1) is 11.3 Å². The van der Waals surface area contributed by atoms with Crippen LogP contribution in [0.25, 0.3) is 0 Å². The van der Waals surface area contributed by atoms with E-state index in [0.29, 0.717) is 35.3 Å². The van der Waals surface area contributed by atoms with Gasteiger partial charge in [-0.25, -0.2) is 9.37 Å². The lowest BCUT2D eigenvalue weighted by Crippen LogP contribution is -2.32. The third-order valence-corrected chi connectivity index (χ3v) is 6.17. The second kappa shape index (κ2) is 13.5. The van der Waals surface area contributed by atoms with Gasteiger partial charge in [-0.3, -0.25) is 4.79 Å². The van der Waals surface area contributed by atoms with E-state index < -0.39 is 6.10 Å². The monoisotopic (exact) mass is 520 g/mol. The molecule has 0 fully saturated rings. The fourth-order valence-corrected chi connectivity index (χ4v) is 4.26. The molecule has 1 amide bonds. The Morgan fingerprint density at radius 2 is 1.84 bits per heavy atom. The predicted molar refractivity (Wildman–Crippen MR) is 145 cm³/mol. The number of anilines is 3. The summed E-state index contributed by atoms with van der Waals surface area (Å²) >= 11 is 1.36. The number of aliphatic hydroxyl groups excluding tert-OH is 1. The van der Waals surface area contributed by atoms with Crippen molar-refractivity contribution in [1.82, 2.24) is 10.3 Å². The van der Waals surface area contributed by atoms with E-state index in [1.54, 1.807) is 12.1 Å². The SMILES string of the molecule is O=C(Cc1csc(Nc2cccc(F)c2)n1)Nc1ccc(CCNC[C@H](O)COc2ccccc2)cc1. The van der Waals surface area contributed by atoms with Crippen molar-refractivity contribution in [2.75, 3.05) is 30.3 Å². The number of aliphatic hydroxyl groups is 1. The van der Waals surface area contributed by atoms with Gasteiger partial charge in [0.15, 0.2) is 5.13 Å². The van der Waals surface area contributed by atoms with E-state index in [1.807, 2.05) is 60.0 Å². The standard InChI is InChI=1S/C28H29FN4O3S/c29-21-5-4-6-23(15-21)32-28-33-24(19-37-28)16-27(35)31-22-11-9-20(10-12-22)13-14-30-17-25(34)18-36-26-7-2-1-3-8-26/h1-12,15,19,25,30,34H,13-14,16-18H2,(H,31,35)(H,32,33)/t25-/m0/s1. The van der Waals surface area contributed by atoms with E-state index in [9.17, 15) is 14.3 Å². The fraction of sp³-hybridized carbons (Fsp3) is 0.214. The lowest BCUT2D eigenvalue weighted by molar-refractivity contribution is -0.115. The third-order valence-electron chi connectivity index (χ3n) is 5.36. The topological polar surface area (TPSA) is 95.5 Å². The van der Waals surface area contributed by atoms with Crippen molar-refractivity contribution in [1.29, 1.82) is 0 Å². The van der Waals surface area contributed by atoms with Gasteiger partial charge in [0.2, 0.25) is 5.91 Å². The fourth-order valence-electron chi connectivity index (χ4n) is 3.53. The number of amides is 1. The smallest absolute Gasteiger partial charge is 0.230 e. The number of halogens is 1. The van der Waals surface area contributed by atoms with Gasteiger partial charge in [0, 0.05) is 23.3 Å². The van der Waals surface area contributed by atoms with Gasteiger partial charge in [0.1, 0.15) is 24.3 Å². The summed E-state index contributed by atoms with van der Waals surface area (Å²) in [5.41, 5.74) is 3.07. The summed E-state index contributed by atoms with van der Waals surface area (Å²) in [6.45, 7) is 1.39. The van der Waals surface area contributed by atoms with Crippen molar-refractivity contribution in [2.24, 2.45) is 0 Å². The molecule has 0 unspecified atom stereocenters. The molecule has 1 heterocycles. The van der Waals surface area contributed by atoms with Gasteiger partial charge in [-0.2, -0.15) is 0 Å². The predicted octanol–water partition coefficient (Wildman–Crippen LogP) is 4.78. The van der Waals surface area contributed by atoms with E-state index in [2.05, 4.69) is 20.9 Å². The summed E-state index contributed by atoms with van der Waals surface area (Å²) in [5.74, 6) is 0.249. The van der Waals surface area contributed by atoms with E-state index in [0.717, 1.165) is 17.7 Å². The Bertz CT molecular complexity index is 1270. The van der Waals surface area contributed by atoms with Gasteiger partial charge in [0.25, 0.3) is 0 Å². The minimum absolute atomic E-state index is 0.142. The molecule has 37 heavy (non-hydrogen) atoms. The van der Waals surface area contributed by atoms with Crippen LogP contribution < -0.4 is 20.7 Å². The van der Waals surface area contributed by atoms with Crippen LogP contribution in [0, 0.1) is 5.82 Å². The number of ether oxygens (including phenoxy) is 1. The summed E-state index contributed by atoms with van der Waals surface area (Å²) in [6, 6.07) is 23.2. The Morgan fingerprint density at radius 1 is 1.03 bits per heavy atom. The maximum absolute atomic E-state index is 13.3. The van der Waals surface area contributed by atoms with E-state index in [-0.39, 0.29) is 24.8 Å². The summed E-state index contributed by atoms with van der Waals surface area (Å²) in [7, 11) is 0. The number of carbonyl (C=O) groups is 1. The first kappa shape index (κ1) is 26.3. The number of nitrogens with one attached hydrogen (secondary N) is 3. The molecule has 9 heteroatoms. The summed E-state index contributed by atoms with van der Waals surface area (Å²) in [4.78, 5) is 16.8. The number of carbonyl (C=O) groups excluding carboxylic acids is 1. The van der Waals surface area contributed by atoms with Gasteiger partial charge < -0.3 is 25.8 Å². The number of hydrogen-bond acceptors (Lipinski definition) is 7. The lowest BCUT2D eigenvalue weighted by Gasteiger charge is -2.13. The Balaban J connectivity index is 1.14. The van der Waals surface area contributed by atoms with Crippen LogP contribution >= 0.6 is 11.3 Å². The maximum Gasteiger partial charge on any atom is 0.230 e. The van der Waals surface area contributed by atoms with Crippen molar-refractivity contribution in [2.45, 2.75) is 18.9 Å². The summed E-state index contributed by atoms with van der Waals surface area (Å²) in [5, 5.41) is 21.6. The first-order valence-electron chi connectivity index (χ1n) is 12.0. The van der Waals surface area contributed by atoms with Crippen molar-refractivity contribution in [3.8, 4) is 5.75 Å². The van der Waals surface area contributed by atoms with Crippen molar-refractivity contribution >= 4 is 33.8 Å². The summed E-state index contributed by atoms with van der Waals surface area (Å²) in [6.07, 6.45) is 0.340. The highest BCUT2D eigenvalue weighted by Crippen LogP contribution is 2.22. The molecule has 4 aromatic rings. The lowest BCUT2D eigenvalue weighted by atomic mass is 10.1. The molecule has 0 aliphatic heterocycles. The molecule has 0 radical (unpaired) electrons. The van der Waals surface area contributed by atoms with Crippen LogP contribution in [0.3, 0.4) is 0 Å². The molecular weight excluding hydrogens is 491 g/mol. The highest BCUT2D eigenvalue weighted by Gasteiger charge is 2.09. The third kappa shape index (κ3) is 8.98. The zero-order valence-corrected chi connectivity index (χ0v) is 21.0. The van der Waals surface area contributed by atoms with Crippen LogP contribution in [0.4, 0.5) is 20.9 Å². The van der Waals surface area contributed by atoms with Crippen LogP contribution in [0.5, 0.6) is 5.75 Å². The molecule has 1 atom stereocenters. The molecule has 192 valence electrons. The molecular formula is C28H29FN4O3S. The number of hydrogen-bond donors (Lipinski definition) is 4. The Kier molecular flexibility index (Phi) is 9.59. The Morgan fingerprint density at radius 3 is 2.62 bits per heavy atom. The normalized spacial score (nSPS) is 11.6. The van der Waals surface area contributed by atoms with Crippen molar-refractivity contribution in [3.63, 3.8) is 0 Å². The molecule has 3 aromatic carbocycles. The van der Waals surface area contributed by atoms with Crippen LogP contribution in [0.1, 0.15) is 11.3 Å². The first-order valence-corrected chi connectivity index (χ1v) is 12.8. The first-order chi connectivity index (χ1) is 18.0. The molecule has 0 spiro atoms. The second-order valence-corrected chi connectivity index (χ2v) is 9.29. The highest BCUT2D eigenvalue weighted by molar-refractivity contribution is 7.13. The zero-order chi connectivity index (χ0) is 25.9. The summed E-state index contributed by atoms with van der Waals surface area (Å²) < 4.78 is 18.9. The van der Waals surface area contributed by atoms with Crippen LogP contribution in [-0.2, 0) is 17.6 Å². The molecule has 4 N–H and O–H groups in total. The van der Waals surface area contributed by atoms with Gasteiger partial charge >= 0.3 is 0 Å². The van der Waals surface area contributed by atoms with E-state index >= 15 is 0 Å². The number of aromatic nitrogens is 1. The number of rotatable bonds is 13. The molecule has 0 saturated heterocycles. The minimum atomic E-state index is -0.594. The van der Waals surface area contributed by atoms with Gasteiger partial charge in [0.05, 0.1) is 12.1 Å². The highest BCUT2D eigenvalue weighted by atomic mass is 32.1. The van der Waals surface area contributed by atoms with Crippen LogP contribution in [0.2, 0.25) is 0 Å². The number of benzene rings is 3. The number of nitrogens with zero attached hydrogens (tertiary/aromatic N) is 1. The number of para-hydroxylation sites is 1. The van der Waals surface area contributed by atoms with Crippen LogP contribution in [-0.4, -0.2) is 41.8 Å². The molecule has 0 aliphatic carbocycles. The van der Waals surface area contributed by atoms with E-state index in [1.165, 1.54) is 23.5 Å². The van der Waals surface area contributed by atoms with Gasteiger partial charge in [-0.05, 0) is 61.0 Å². The number of thiazole rings is 1. The van der Waals surface area contributed by atoms with E-state index in [4.69, 9.17) is 4.74 Å². The maximum atomic E-state index is 13.3. The second-order valence-electron chi connectivity index (χ2n) is 8.43. The van der Waals surface area contributed by atoms with Gasteiger partial charge in [-0.1, -0.05) is 36.4 Å². The van der Waals surface area contributed by atoms with Crippen LogP contribution in [0.15, 0.2) is 84.2 Å². The quantitative estimate of drug-likeness (QED) is 0.190. The Labute approximate surface area is 219 Å². The zero-order valence-electron chi connectivity index (χ0n) is 20.2. The average molecular weight is 521 g/mol. The molecule has 0 bridgehead atoms. The van der Waals surface area contributed by atoms with Crippen molar-refractivity contribution in [3.05, 3.63) is 101 Å². The molecule has 0 saturated carbocycles. The largest absolute Gasteiger partial charge is 0.491 e. The van der Waals surface area contributed by atoms with Crippen molar-refractivity contribution < 1.29 is 19.0 Å². The molecule has 7 nitrogen and oxygen atoms in total. The Hall–Kier alpha value is -3.79. The average Bonchev–Trinajstić information content (AvgIpc) is 3.33. The molecule has 1 aromatic heterocycles.